The van der Waals surface area contributed by atoms with Crippen molar-refractivity contribution in [2.75, 3.05) is 0 Å². The average molecular weight is 270 g/mol. The fraction of sp³-hybridized carbons (Fsp3) is 0. The Hall–Kier alpha value is -2.44. The highest BCUT2D eigenvalue weighted by molar-refractivity contribution is 6.31. The maximum Gasteiger partial charge on any atom is 0.135 e. The largest absolute Gasteiger partial charge is 0.507 e. The van der Waals surface area contributed by atoms with Crippen LogP contribution in [0.5, 0.6) is 5.75 Å². The smallest absolute Gasteiger partial charge is 0.135 e. The third-order valence-electron chi connectivity index (χ3n) is 2.88. The molecule has 2 aromatic carbocycles. The highest BCUT2D eigenvalue weighted by Gasteiger charge is 2.09. The number of phenols is 1. The number of rotatable bonds is 1. The van der Waals surface area contributed by atoms with Crippen molar-refractivity contribution < 1.29 is 9.52 Å². The van der Waals surface area contributed by atoms with Crippen molar-refractivity contribution in [2.24, 2.45) is 0 Å². The molecule has 0 aliphatic carbocycles. The zero-order valence-electron chi connectivity index (χ0n) is 9.72. The van der Waals surface area contributed by atoms with E-state index in [1.165, 1.54) is 6.07 Å². The van der Waals surface area contributed by atoms with Gasteiger partial charge < -0.3 is 9.52 Å². The monoisotopic (exact) mass is 269 g/mol. The van der Waals surface area contributed by atoms with Crippen LogP contribution in [-0.4, -0.2) is 5.11 Å². The van der Waals surface area contributed by atoms with E-state index in [2.05, 4.69) is 0 Å². The van der Waals surface area contributed by atoms with Crippen LogP contribution in [0.2, 0.25) is 5.02 Å². The molecule has 0 atom stereocenters. The van der Waals surface area contributed by atoms with Gasteiger partial charge in [0.25, 0.3) is 0 Å². The summed E-state index contributed by atoms with van der Waals surface area (Å²) in [6, 6.07) is 13.9. The molecule has 1 N–H and O–H groups in total. The number of nitrogens with zero attached hydrogens (tertiary/aromatic N) is 1. The standard InChI is InChI=1S/C15H8ClNO2/c16-12-2-4-14-10(6-12)7-15(19-14)9-1-3-13(18)11(5-9)8-17/h1-7,18H. The van der Waals surface area contributed by atoms with Gasteiger partial charge in [0.1, 0.15) is 23.2 Å². The molecule has 0 amide bonds. The minimum Gasteiger partial charge on any atom is -0.507 e. The number of benzene rings is 2. The fourth-order valence-electron chi connectivity index (χ4n) is 1.94. The molecule has 19 heavy (non-hydrogen) atoms. The summed E-state index contributed by atoms with van der Waals surface area (Å²) < 4.78 is 5.70. The molecule has 4 heteroatoms. The van der Waals surface area contributed by atoms with Crippen LogP contribution in [0.4, 0.5) is 0 Å². The van der Waals surface area contributed by atoms with E-state index in [9.17, 15) is 5.11 Å². The molecule has 0 fully saturated rings. The van der Waals surface area contributed by atoms with Crippen molar-refractivity contribution in [1.82, 2.24) is 0 Å². The zero-order valence-corrected chi connectivity index (χ0v) is 10.5. The van der Waals surface area contributed by atoms with Crippen molar-refractivity contribution >= 4 is 22.6 Å². The highest BCUT2D eigenvalue weighted by atomic mass is 35.5. The lowest BCUT2D eigenvalue weighted by Gasteiger charge is -1.99. The van der Waals surface area contributed by atoms with Crippen LogP contribution in [0, 0.1) is 11.3 Å². The molecule has 0 saturated carbocycles. The first-order valence-electron chi connectivity index (χ1n) is 5.60. The molecule has 0 spiro atoms. The third kappa shape index (κ3) is 2.03. The van der Waals surface area contributed by atoms with Crippen LogP contribution in [0.3, 0.4) is 0 Å². The second-order valence-corrected chi connectivity index (χ2v) is 4.57. The summed E-state index contributed by atoms with van der Waals surface area (Å²) in [4.78, 5) is 0. The Kier molecular flexibility index (Phi) is 2.66. The lowest BCUT2D eigenvalue weighted by Crippen LogP contribution is -1.79. The maximum atomic E-state index is 9.49. The van der Waals surface area contributed by atoms with Crippen molar-refractivity contribution in [2.45, 2.75) is 0 Å². The van der Waals surface area contributed by atoms with E-state index in [0.717, 1.165) is 16.5 Å². The summed E-state index contributed by atoms with van der Waals surface area (Å²) in [5.41, 5.74) is 1.68. The lowest BCUT2D eigenvalue weighted by atomic mass is 10.1. The first kappa shape index (κ1) is 11.6. The van der Waals surface area contributed by atoms with Gasteiger partial charge in [-0.1, -0.05) is 11.6 Å². The Morgan fingerprint density at radius 3 is 2.74 bits per heavy atom. The summed E-state index contributed by atoms with van der Waals surface area (Å²) in [5.74, 6) is 0.596. The minimum atomic E-state index is -0.0367. The Morgan fingerprint density at radius 2 is 1.95 bits per heavy atom. The number of fused-ring (bicyclic) bond motifs is 1. The van der Waals surface area contributed by atoms with Crippen LogP contribution >= 0.6 is 11.6 Å². The predicted octanol–water partition coefficient (Wildman–Crippen LogP) is 4.33. The molecule has 3 nitrogen and oxygen atoms in total. The van der Waals surface area contributed by atoms with Gasteiger partial charge in [-0.25, -0.2) is 0 Å². The third-order valence-corrected chi connectivity index (χ3v) is 3.11. The molecule has 0 unspecified atom stereocenters. The van der Waals surface area contributed by atoms with Gasteiger partial charge >= 0.3 is 0 Å². The number of furan rings is 1. The van der Waals surface area contributed by atoms with E-state index >= 15 is 0 Å². The fourth-order valence-corrected chi connectivity index (χ4v) is 2.12. The van der Waals surface area contributed by atoms with Gasteiger partial charge in [0.05, 0.1) is 5.56 Å². The molecular weight excluding hydrogens is 262 g/mol. The summed E-state index contributed by atoms with van der Waals surface area (Å²) in [7, 11) is 0. The number of nitriles is 1. The van der Waals surface area contributed by atoms with Gasteiger partial charge in [0, 0.05) is 16.0 Å². The van der Waals surface area contributed by atoms with Crippen molar-refractivity contribution in [1.29, 1.82) is 5.26 Å². The Morgan fingerprint density at radius 1 is 1.11 bits per heavy atom. The maximum absolute atomic E-state index is 9.49. The molecule has 92 valence electrons. The van der Waals surface area contributed by atoms with Crippen molar-refractivity contribution in [3.05, 3.63) is 53.1 Å². The number of phenolic OH excluding ortho intramolecular Hbond substituents is 1. The Labute approximate surface area is 114 Å². The summed E-state index contributed by atoms with van der Waals surface area (Å²) >= 11 is 5.92. The van der Waals surface area contributed by atoms with E-state index in [0.29, 0.717) is 10.8 Å². The van der Waals surface area contributed by atoms with Gasteiger partial charge in [-0.05, 0) is 42.5 Å². The number of hydrogen-bond donors (Lipinski definition) is 1. The van der Waals surface area contributed by atoms with Gasteiger partial charge in [-0.15, -0.1) is 0 Å². The van der Waals surface area contributed by atoms with Crippen LogP contribution in [0.25, 0.3) is 22.3 Å². The molecule has 0 aliphatic heterocycles. The molecule has 0 bridgehead atoms. The summed E-state index contributed by atoms with van der Waals surface area (Å²) in [6.07, 6.45) is 0. The van der Waals surface area contributed by atoms with Gasteiger partial charge in [-0.3, -0.25) is 0 Å². The minimum absolute atomic E-state index is 0.0367. The van der Waals surface area contributed by atoms with Crippen LogP contribution < -0.4 is 0 Å². The topological polar surface area (TPSA) is 57.2 Å². The van der Waals surface area contributed by atoms with E-state index < -0.39 is 0 Å². The number of aromatic hydroxyl groups is 1. The van der Waals surface area contributed by atoms with E-state index in [1.54, 1.807) is 24.3 Å². The quantitative estimate of drug-likeness (QED) is 0.715. The lowest BCUT2D eigenvalue weighted by molar-refractivity contribution is 0.473. The molecule has 0 radical (unpaired) electrons. The predicted molar refractivity (Wildman–Crippen MR) is 73.0 cm³/mol. The number of hydrogen-bond acceptors (Lipinski definition) is 3. The van der Waals surface area contributed by atoms with Crippen molar-refractivity contribution in [3.8, 4) is 23.1 Å². The highest BCUT2D eigenvalue weighted by Crippen LogP contribution is 2.31. The molecular formula is C15H8ClNO2. The van der Waals surface area contributed by atoms with Crippen molar-refractivity contribution in [3.63, 3.8) is 0 Å². The van der Waals surface area contributed by atoms with Crippen LogP contribution in [-0.2, 0) is 0 Å². The molecule has 3 rings (SSSR count). The first-order valence-corrected chi connectivity index (χ1v) is 5.98. The van der Waals surface area contributed by atoms with E-state index in [-0.39, 0.29) is 11.3 Å². The van der Waals surface area contributed by atoms with Gasteiger partial charge in [0.2, 0.25) is 0 Å². The van der Waals surface area contributed by atoms with Gasteiger partial charge in [0.15, 0.2) is 0 Å². The number of halogens is 1. The second kappa shape index (κ2) is 4.34. The molecule has 3 aromatic rings. The zero-order chi connectivity index (χ0) is 13.4. The SMILES string of the molecule is N#Cc1cc(-c2cc3cc(Cl)ccc3o2)ccc1O. The normalized spacial score (nSPS) is 10.5. The van der Waals surface area contributed by atoms with E-state index in [1.807, 2.05) is 18.2 Å². The van der Waals surface area contributed by atoms with Crippen LogP contribution in [0.15, 0.2) is 46.9 Å². The second-order valence-electron chi connectivity index (χ2n) is 4.14. The van der Waals surface area contributed by atoms with Gasteiger partial charge in [-0.2, -0.15) is 5.26 Å². The molecule has 1 aromatic heterocycles. The average Bonchev–Trinajstić information content (AvgIpc) is 2.82. The summed E-state index contributed by atoms with van der Waals surface area (Å²) in [6.45, 7) is 0. The first-order chi connectivity index (χ1) is 9.17. The van der Waals surface area contributed by atoms with E-state index in [4.69, 9.17) is 21.3 Å². The summed E-state index contributed by atoms with van der Waals surface area (Å²) in [5, 5.41) is 19.9. The molecule has 0 saturated heterocycles. The Bertz CT molecular complexity index is 815. The molecule has 1 heterocycles. The van der Waals surface area contributed by atoms with Crippen LogP contribution in [0.1, 0.15) is 5.56 Å². The molecule has 0 aliphatic rings. The Balaban J connectivity index is 2.16.